The second-order valence-corrected chi connectivity index (χ2v) is 4.31. The number of halogens is 1. The van der Waals surface area contributed by atoms with Gasteiger partial charge in [0.05, 0.1) is 11.6 Å². The van der Waals surface area contributed by atoms with Crippen LogP contribution in [-0.2, 0) is 0 Å². The first-order valence-corrected chi connectivity index (χ1v) is 5.57. The monoisotopic (exact) mass is 236 g/mol. The molecule has 1 aromatic rings. The van der Waals surface area contributed by atoms with E-state index in [1.807, 2.05) is 24.3 Å². The van der Waals surface area contributed by atoms with Crippen molar-refractivity contribution in [3.8, 4) is 6.07 Å². The maximum Gasteiger partial charge on any atom is 0.0991 e. The molecule has 0 heterocycles. The van der Waals surface area contributed by atoms with Crippen molar-refractivity contribution >= 4 is 12.4 Å². The van der Waals surface area contributed by atoms with E-state index < -0.39 is 0 Å². The maximum atomic E-state index is 8.82. The van der Waals surface area contributed by atoms with Gasteiger partial charge < -0.3 is 5.73 Å². The van der Waals surface area contributed by atoms with E-state index in [1.54, 1.807) is 0 Å². The van der Waals surface area contributed by atoms with Gasteiger partial charge in [0.25, 0.3) is 0 Å². The number of nitrogens with zero attached hydrogens (tertiary/aromatic N) is 1. The van der Waals surface area contributed by atoms with Crippen LogP contribution in [0.2, 0.25) is 0 Å². The third kappa shape index (κ3) is 2.75. The van der Waals surface area contributed by atoms with Crippen LogP contribution in [0.3, 0.4) is 0 Å². The fourth-order valence-corrected chi connectivity index (χ4v) is 2.40. The number of rotatable bonds is 2. The topological polar surface area (TPSA) is 49.8 Å². The van der Waals surface area contributed by atoms with Crippen molar-refractivity contribution < 1.29 is 0 Å². The van der Waals surface area contributed by atoms with Crippen LogP contribution in [0.1, 0.15) is 42.9 Å². The predicted molar refractivity (Wildman–Crippen MR) is 67.3 cm³/mol. The standard InChI is InChI=1S/C13H16N2.ClH/c14-9-10-4-3-7-12(8-10)13(15)11-5-1-2-6-11;/h3-4,7-8,11,13H,1-2,5-6,15H2;1H/t13-;/m1./s1. The van der Waals surface area contributed by atoms with Gasteiger partial charge in [-0.1, -0.05) is 25.0 Å². The molecule has 3 heteroatoms. The molecule has 0 aliphatic heterocycles. The van der Waals surface area contributed by atoms with E-state index in [2.05, 4.69) is 6.07 Å². The minimum atomic E-state index is 0. The van der Waals surface area contributed by atoms with Crippen LogP contribution < -0.4 is 5.73 Å². The summed E-state index contributed by atoms with van der Waals surface area (Å²) >= 11 is 0. The average Bonchev–Trinajstić information content (AvgIpc) is 2.81. The molecule has 1 aliphatic carbocycles. The Morgan fingerprint density at radius 1 is 1.31 bits per heavy atom. The molecule has 1 atom stereocenters. The Balaban J connectivity index is 0.00000128. The molecule has 0 saturated heterocycles. The van der Waals surface area contributed by atoms with Crippen LogP contribution in [0.15, 0.2) is 24.3 Å². The third-order valence-corrected chi connectivity index (χ3v) is 3.31. The minimum Gasteiger partial charge on any atom is -0.324 e. The highest BCUT2D eigenvalue weighted by molar-refractivity contribution is 5.85. The van der Waals surface area contributed by atoms with Gasteiger partial charge in [0.15, 0.2) is 0 Å². The van der Waals surface area contributed by atoms with Gasteiger partial charge in [0.2, 0.25) is 0 Å². The summed E-state index contributed by atoms with van der Waals surface area (Å²) in [5.41, 5.74) is 8.04. The molecule has 0 aromatic heterocycles. The van der Waals surface area contributed by atoms with Crippen LogP contribution in [0.25, 0.3) is 0 Å². The summed E-state index contributed by atoms with van der Waals surface area (Å²) in [5, 5.41) is 8.82. The lowest BCUT2D eigenvalue weighted by molar-refractivity contribution is 0.445. The molecule has 0 spiro atoms. The number of nitriles is 1. The number of hydrogen-bond donors (Lipinski definition) is 1. The quantitative estimate of drug-likeness (QED) is 0.858. The SMILES string of the molecule is Cl.N#Cc1cccc([C@H](N)C2CCCC2)c1. The minimum absolute atomic E-state index is 0. The van der Waals surface area contributed by atoms with Crippen molar-refractivity contribution in [2.45, 2.75) is 31.7 Å². The Labute approximate surface area is 103 Å². The molecular formula is C13H17ClN2. The Morgan fingerprint density at radius 3 is 2.62 bits per heavy atom. The first kappa shape index (κ1) is 13.0. The zero-order valence-electron chi connectivity index (χ0n) is 9.23. The lowest BCUT2D eigenvalue weighted by Gasteiger charge is -2.19. The molecular weight excluding hydrogens is 220 g/mol. The first-order chi connectivity index (χ1) is 7.31. The fourth-order valence-electron chi connectivity index (χ4n) is 2.40. The van der Waals surface area contributed by atoms with E-state index in [0.717, 1.165) is 5.56 Å². The van der Waals surface area contributed by atoms with Gasteiger partial charge in [-0.3, -0.25) is 0 Å². The summed E-state index contributed by atoms with van der Waals surface area (Å²) in [7, 11) is 0. The Kier molecular flexibility index (Phi) is 4.79. The summed E-state index contributed by atoms with van der Waals surface area (Å²) in [4.78, 5) is 0. The zero-order valence-corrected chi connectivity index (χ0v) is 10.0. The van der Waals surface area contributed by atoms with Crippen molar-refractivity contribution in [3.05, 3.63) is 35.4 Å². The van der Waals surface area contributed by atoms with E-state index in [1.165, 1.54) is 25.7 Å². The lowest BCUT2D eigenvalue weighted by atomic mass is 9.92. The van der Waals surface area contributed by atoms with Crippen LogP contribution in [0.5, 0.6) is 0 Å². The maximum absolute atomic E-state index is 8.82. The molecule has 0 amide bonds. The molecule has 1 saturated carbocycles. The third-order valence-electron chi connectivity index (χ3n) is 3.31. The second-order valence-electron chi connectivity index (χ2n) is 4.31. The largest absolute Gasteiger partial charge is 0.324 e. The Bertz CT molecular complexity index is 378. The highest BCUT2D eigenvalue weighted by Gasteiger charge is 2.23. The van der Waals surface area contributed by atoms with Crippen molar-refractivity contribution in [3.63, 3.8) is 0 Å². The summed E-state index contributed by atoms with van der Waals surface area (Å²) in [6.45, 7) is 0. The second kappa shape index (κ2) is 5.89. The first-order valence-electron chi connectivity index (χ1n) is 5.57. The zero-order chi connectivity index (χ0) is 10.7. The van der Waals surface area contributed by atoms with Crippen molar-refractivity contribution in [1.82, 2.24) is 0 Å². The molecule has 2 N–H and O–H groups in total. The number of benzene rings is 1. The Morgan fingerprint density at radius 2 is 2.00 bits per heavy atom. The van der Waals surface area contributed by atoms with Crippen molar-refractivity contribution in [2.24, 2.45) is 11.7 Å². The van der Waals surface area contributed by atoms with Crippen molar-refractivity contribution in [2.75, 3.05) is 0 Å². The molecule has 1 aromatic carbocycles. The molecule has 16 heavy (non-hydrogen) atoms. The molecule has 0 unspecified atom stereocenters. The van der Waals surface area contributed by atoms with Crippen molar-refractivity contribution in [1.29, 1.82) is 5.26 Å². The molecule has 86 valence electrons. The molecule has 2 nitrogen and oxygen atoms in total. The smallest absolute Gasteiger partial charge is 0.0991 e. The number of nitrogens with two attached hydrogens (primary N) is 1. The number of hydrogen-bond acceptors (Lipinski definition) is 2. The highest BCUT2D eigenvalue weighted by atomic mass is 35.5. The van der Waals surface area contributed by atoms with Crippen LogP contribution >= 0.6 is 12.4 Å². The van der Waals surface area contributed by atoms with Gasteiger partial charge in [-0.2, -0.15) is 5.26 Å². The van der Waals surface area contributed by atoms with E-state index in [-0.39, 0.29) is 18.4 Å². The van der Waals surface area contributed by atoms with Crippen LogP contribution in [0, 0.1) is 17.2 Å². The van der Waals surface area contributed by atoms with E-state index in [4.69, 9.17) is 11.0 Å². The molecule has 0 bridgehead atoms. The molecule has 0 radical (unpaired) electrons. The van der Waals surface area contributed by atoms with Gasteiger partial charge >= 0.3 is 0 Å². The average molecular weight is 237 g/mol. The molecule has 1 fully saturated rings. The Hall–Kier alpha value is -1.04. The summed E-state index contributed by atoms with van der Waals surface area (Å²) in [6, 6.07) is 9.96. The van der Waals surface area contributed by atoms with Crippen LogP contribution in [-0.4, -0.2) is 0 Å². The van der Waals surface area contributed by atoms with Crippen LogP contribution in [0.4, 0.5) is 0 Å². The highest BCUT2D eigenvalue weighted by Crippen LogP contribution is 2.34. The lowest BCUT2D eigenvalue weighted by Crippen LogP contribution is -2.19. The van der Waals surface area contributed by atoms with Gasteiger partial charge in [0.1, 0.15) is 0 Å². The van der Waals surface area contributed by atoms with E-state index >= 15 is 0 Å². The van der Waals surface area contributed by atoms with E-state index in [9.17, 15) is 0 Å². The fraction of sp³-hybridized carbons (Fsp3) is 0.462. The van der Waals surface area contributed by atoms with Gasteiger partial charge in [0, 0.05) is 6.04 Å². The van der Waals surface area contributed by atoms with Gasteiger partial charge in [-0.25, -0.2) is 0 Å². The predicted octanol–water partition coefficient (Wildman–Crippen LogP) is 3.17. The molecule has 1 aliphatic rings. The normalized spacial score (nSPS) is 17.5. The summed E-state index contributed by atoms with van der Waals surface area (Å²) < 4.78 is 0. The van der Waals surface area contributed by atoms with Gasteiger partial charge in [-0.05, 0) is 36.5 Å². The molecule has 2 rings (SSSR count). The summed E-state index contributed by atoms with van der Waals surface area (Å²) in [6.07, 6.45) is 5.07. The summed E-state index contributed by atoms with van der Waals surface area (Å²) in [5.74, 6) is 0.610. The van der Waals surface area contributed by atoms with Gasteiger partial charge in [-0.15, -0.1) is 12.4 Å². The van der Waals surface area contributed by atoms with E-state index in [0.29, 0.717) is 11.5 Å².